The van der Waals surface area contributed by atoms with E-state index < -0.39 is 0 Å². The largest absolute Gasteiger partial charge is 0.488 e. The summed E-state index contributed by atoms with van der Waals surface area (Å²) < 4.78 is 11.3. The van der Waals surface area contributed by atoms with E-state index in [1.54, 1.807) is 0 Å². The molecule has 1 aliphatic carbocycles. The van der Waals surface area contributed by atoms with Crippen LogP contribution in [0.15, 0.2) is 24.3 Å². The summed E-state index contributed by atoms with van der Waals surface area (Å²) >= 11 is 0. The average molecular weight is 250 g/mol. The number of aliphatic hydroxyl groups excluding tert-OH is 1. The summed E-state index contributed by atoms with van der Waals surface area (Å²) in [6.07, 6.45) is 2.34. The van der Waals surface area contributed by atoms with Gasteiger partial charge in [-0.2, -0.15) is 0 Å². The van der Waals surface area contributed by atoms with E-state index in [9.17, 15) is 5.11 Å². The molecule has 0 spiro atoms. The van der Waals surface area contributed by atoms with Gasteiger partial charge in [0, 0.05) is 13.0 Å². The van der Waals surface area contributed by atoms with Crippen molar-refractivity contribution in [3.8, 4) is 5.75 Å². The van der Waals surface area contributed by atoms with Gasteiger partial charge < -0.3 is 14.6 Å². The molecule has 0 saturated heterocycles. The first-order valence-corrected chi connectivity index (χ1v) is 6.79. The Morgan fingerprint density at radius 1 is 1.22 bits per heavy atom. The van der Waals surface area contributed by atoms with Gasteiger partial charge >= 0.3 is 0 Å². The smallest absolute Gasteiger partial charge is 0.130 e. The summed E-state index contributed by atoms with van der Waals surface area (Å²) in [6.45, 7) is 4.71. The Morgan fingerprint density at radius 3 is 2.50 bits per heavy atom. The maximum absolute atomic E-state index is 9.60. The van der Waals surface area contributed by atoms with E-state index in [0.29, 0.717) is 13.0 Å². The molecule has 0 aromatic heterocycles. The highest BCUT2D eigenvalue weighted by molar-refractivity contribution is 5.28. The second-order valence-corrected chi connectivity index (χ2v) is 4.77. The fourth-order valence-electron chi connectivity index (χ4n) is 2.28. The molecule has 1 aromatic rings. The van der Waals surface area contributed by atoms with Crippen LogP contribution in [0.1, 0.15) is 32.3 Å². The molecule has 3 atom stereocenters. The lowest BCUT2D eigenvalue weighted by molar-refractivity contribution is -0.160. The summed E-state index contributed by atoms with van der Waals surface area (Å²) in [5, 5.41) is 9.60. The number of hydrogen-bond acceptors (Lipinski definition) is 3. The van der Waals surface area contributed by atoms with Crippen LogP contribution < -0.4 is 4.74 Å². The molecule has 2 rings (SSSR count). The van der Waals surface area contributed by atoms with Crippen LogP contribution in [0.2, 0.25) is 0 Å². The molecule has 0 heterocycles. The standard InChI is InChI=1S/C15H22O3/c1-3-5-11-6-8-12(9-7-11)18-14-10-13(16)15(14)17-4-2/h6-9,13-16H,3-5,10H2,1-2H3. The van der Waals surface area contributed by atoms with Crippen molar-refractivity contribution in [2.45, 2.75) is 51.4 Å². The van der Waals surface area contributed by atoms with Crippen molar-refractivity contribution in [3.05, 3.63) is 29.8 Å². The number of benzene rings is 1. The third-order valence-corrected chi connectivity index (χ3v) is 3.33. The monoisotopic (exact) mass is 250 g/mol. The van der Waals surface area contributed by atoms with Crippen molar-refractivity contribution in [1.29, 1.82) is 0 Å². The molecule has 3 nitrogen and oxygen atoms in total. The molecule has 1 N–H and O–H groups in total. The average Bonchev–Trinajstić information content (AvgIpc) is 2.38. The normalized spacial score (nSPS) is 26.7. The zero-order valence-corrected chi connectivity index (χ0v) is 11.1. The highest BCUT2D eigenvalue weighted by Crippen LogP contribution is 2.29. The molecule has 18 heavy (non-hydrogen) atoms. The van der Waals surface area contributed by atoms with E-state index in [-0.39, 0.29) is 18.3 Å². The van der Waals surface area contributed by atoms with Crippen LogP contribution in [0.4, 0.5) is 0 Å². The molecule has 0 amide bonds. The van der Waals surface area contributed by atoms with Gasteiger partial charge in [0.1, 0.15) is 18.0 Å². The van der Waals surface area contributed by atoms with Crippen LogP contribution >= 0.6 is 0 Å². The minimum Gasteiger partial charge on any atom is -0.488 e. The summed E-state index contributed by atoms with van der Waals surface area (Å²) in [4.78, 5) is 0. The van der Waals surface area contributed by atoms with Gasteiger partial charge in [0.2, 0.25) is 0 Å². The lowest BCUT2D eigenvalue weighted by atomic mass is 9.88. The van der Waals surface area contributed by atoms with Gasteiger partial charge in [-0.1, -0.05) is 25.5 Å². The van der Waals surface area contributed by atoms with Crippen molar-refractivity contribution in [2.75, 3.05) is 6.61 Å². The number of rotatable bonds is 6. The van der Waals surface area contributed by atoms with Gasteiger partial charge in [0.15, 0.2) is 0 Å². The van der Waals surface area contributed by atoms with Gasteiger partial charge in [-0.15, -0.1) is 0 Å². The third-order valence-electron chi connectivity index (χ3n) is 3.33. The predicted octanol–water partition coefficient (Wildman–Crippen LogP) is 2.56. The van der Waals surface area contributed by atoms with Crippen molar-refractivity contribution in [1.82, 2.24) is 0 Å². The predicted molar refractivity (Wildman–Crippen MR) is 70.9 cm³/mol. The second-order valence-electron chi connectivity index (χ2n) is 4.77. The van der Waals surface area contributed by atoms with E-state index in [1.807, 2.05) is 19.1 Å². The Hall–Kier alpha value is -1.06. The first kappa shape index (κ1) is 13.4. The molecule has 3 unspecified atom stereocenters. The van der Waals surface area contributed by atoms with Crippen LogP contribution in [0.3, 0.4) is 0 Å². The van der Waals surface area contributed by atoms with Crippen molar-refractivity contribution >= 4 is 0 Å². The molecule has 1 fully saturated rings. The fourth-order valence-corrected chi connectivity index (χ4v) is 2.28. The highest BCUT2D eigenvalue weighted by Gasteiger charge is 2.42. The minimum absolute atomic E-state index is 0.0167. The summed E-state index contributed by atoms with van der Waals surface area (Å²) in [6, 6.07) is 8.20. The Labute approximate surface area is 109 Å². The summed E-state index contributed by atoms with van der Waals surface area (Å²) in [5.41, 5.74) is 1.33. The van der Waals surface area contributed by atoms with Crippen LogP contribution in [0, 0.1) is 0 Å². The van der Waals surface area contributed by atoms with Crippen LogP contribution in [-0.4, -0.2) is 30.0 Å². The van der Waals surface area contributed by atoms with Gasteiger partial charge in [0.25, 0.3) is 0 Å². The number of aryl methyl sites for hydroxylation is 1. The number of hydrogen-bond donors (Lipinski definition) is 1. The Bertz CT molecular complexity index is 361. The zero-order chi connectivity index (χ0) is 13.0. The van der Waals surface area contributed by atoms with Gasteiger partial charge in [-0.3, -0.25) is 0 Å². The van der Waals surface area contributed by atoms with Gasteiger partial charge in [-0.05, 0) is 31.0 Å². The molecule has 3 heteroatoms. The molecule has 100 valence electrons. The summed E-state index contributed by atoms with van der Waals surface area (Å²) in [5.74, 6) is 0.858. The van der Waals surface area contributed by atoms with E-state index in [0.717, 1.165) is 18.6 Å². The van der Waals surface area contributed by atoms with E-state index in [2.05, 4.69) is 19.1 Å². The Kier molecular flexibility index (Phi) is 4.61. The van der Waals surface area contributed by atoms with Crippen molar-refractivity contribution in [2.24, 2.45) is 0 Å². The van der Waals surface area contributed by atoms with Gasteiger partial charge in [-0.25, -0.2) is 0 Å². The lowest BCUT2D eigenvalue weighted by Gasteiger charge is -2.40. The van der Waals surface area contributed by atoms with Crippen LogP contribution in [-0.2, 0) is 11.2 Å². The first-order chi connectivity index (χ1) is 8.74. The zero-order valence-electron chi connectivity index (χ0n) is 11.1. The maximum atomic E-state index is 9.60. The molecule has 0 radical (unpaired) electrons. The Balaban J connectivity index is 1.89. The summed E-state index contributed by atoms with van der Waals surface area (Å²) in [7, 11) is 0. The lowest BCUT2D eigenvalue weighted by Crippen LogP contribution is -2.55. The first-order valence-electron chi connectivity index (χ1n) is 6.79. The van der Waals surface area contributed by atoms with Crippen molar-refractivity contribution in [3.63, 3.8) is 0 Å². The second kappa shape index (κ2) is 6.21. The molecule has 1 saturated carbocycles. The molecular formula is C15H22O3. The van der Waals surface area contributed by atoms with Crippen LogP contribution in [0.5, 0.6) is 5.75 Å². The topological polar surface area (TPSA) is 38.7 Å². The van der Waals surface area contributed by atoms with Gasteiger partial charge in [0.05, 0.1) is 6.10 Å². The number of ether oxygens (including phenoxy) is 2. The molecule has 0 bridgehead atoms. The van der Waals surface area contributed by atoms with Crippen LogP contribution in [0.25, 0.3) is 0 Å². The maximum Gasteiger partial charge on any atom is 0.130 e. The number of aliphatic hydroxyl groups is 1. The molecule has 0 aliphatic heterocycles. The van der Waals surface area contributed by atoms with Crippen molar-refractivity contribution < 1.29 is 14.6 Å². The Morgan fingerprint density at radius 2 is 1.94 bits per heavy atom. The SMILES string of the molecule is CCCc1ccc(OC2CC(O)C2OCC)cc1. The molecular weight excluding hydrogens is 228 g/mol. The highest BCUT2D eigenvalue weighted by atomic mass is 16.6. The molecule has 1 aromatic carbocycles. The third kappa shape index (κ3) is 3.03. The molecule has 1 aliphatic rings. The minimum atomic E-state index is -0.380. The fraction of sp³-hybridized carbons (Fsp3) is 0.600. The van der Waals surface area contributed by atoms with E-state index in [4.69, 9.17) is 9.47 Å². The van der Waals surface area contributed by atoms with E-state index >= 15 is 0 Å². The van der Waals surface area contributed by atoms with E-state index in [1.165, 1.54) is 5.56 Å². The quantitative estimate of drug-likeness (QED) is 0.843.